The van der Waals surface area contributed by atoms with Crippen molar-refractivity contribution in [2.24, 2.45) is 5.73 Å². The molecule has 0 heterocycles. The molecule has 0 aliphatic heterocycles. The number of carbonyl (C=O) groups is 1. The third-order valence-electron chi connectivity index (χ3n) is 3.35. The van der Waals surface area contributed by atoms with Gasteiger partial charge < -0.3 is 15.8 Å². The SMILES string of the molecule is CC(C)(CN)NC(=O)c1cccc(COc2cccc(F)c2)c1. The highest BCUT2D eigenvalue weighted by molar-refractivity contribution is 5.94. The first kappa shape index (κ1) is 17.0. The third-order valence-corrected chi connectivity index (χ3v) is 3.35. The lowest BCUT2D eigenvalue weighted by Crippen LogP contribution is -2.48. The molecule has 122 valence electrons. The van der Waals surface area contributed by atoms with Crippen LogP contribution in [0.15, 0.2) is 48.5 Å². The molecule has 0 aliphatic carbocycles. The van der Waals surface area contributed by atoms with Crippen LogP contribution in [0.25, 0.3) is 0 Å². The highest BCUT2D eigenvalue weighted by atomic mass is 19.1. The summed E-state index contributed by atoms with van der Waals surface area (Å²) in [6, 6.07) is 13.1. The van der Waals surface area contributed by atoms with Crippen LogP contribution in [-0.2, 0) is 6.61 Å². The summed E-state index contributed by atoms with van der Waals surface area (Å²) in [5.41, 5.74) is 6.51. The summed E-state index contributed by atoms with van der Waals surface area (Å²) in [7, 11) is 0. The molecule has 0 unspecified atom stereocenters. The van der Waals surface area contributed by atoms with Crippen LogP contribution < -0.4 is 15.8 Å². The minimum atomic E-state index is -0.467. The first-order chi connectivity index (χ1) is 10.9. The van der Waals surface area contributed by atoms with Gasteiger partial charge in [0.1, 0.15) is 18.2 Å². The average molecular weight is 316 g/mol. The van der Waals surface area contributed by atoms with Crippen LogP contribution in [0.1, 0.15) is 29.8 Å². The third kappa shape index (κ3) is 5.07. The van der Waals surface area contributed by atoms with Gasteiger partial charge in [0.2, 0.25) is 0 Å². The van der Waals surface area contributed by atoms with E-state index in [4.69, 9.17) is 10.5 Å². The van der Waals surface area contributed by atoms with Gasteiger partial charge in [-0.1, -0.05) is 18.2 Å². The number of benzene rings is 2. The molecule has 5 heteroatoms. The Morgan fingerprint density at radius 3 is 2.65 bits per heavy atom. The second kappa shape index (κ2) is 7.24. The molecule has 1 amide bonds. The normalized spacial score (nSPS) is 11.1. The van der Waals surface area contributed by atoms with Crippen molar-refractivity contribution in [3.05, 3.63) is 65.5 Å². The van der Waals surface area contributed by atoms with E-state index in [1.54, 1.807) is 30.3 Å². The molecular formula is C18H21FN2O2. The van der Waals surface area contributed by atoms with Gasteiger partial charge in [-0.25, -0.2) is 4.39 Å². The first-order valence-corrected chi connectivity index (χ1v) is 7.39. The highest BCUT2D eigenvalue weighted by Crippen LogP contribution is 2.15. The standard InChI is InChI=1S/C18H21FN2O2/c1-18(2,12-20)21-17(22)14-6-3-5-13(9-14)11-23-16-8-4-7-15(19)10-16/h3-10H,11-12,20H2,1-2H3,(H,21,22). The fourth-order valence-corrected chi connectivity index (χ4v) is 1.96. The van der Waals surface area contributed by atoms with Crippen molar-refractivity contribution in [3.8, 4) is 5.75 Å². The van der Waals surface area contributed by atoms with E-state index in [-0.39, 0.29) is 18.3 Å². The zero-order valence-electron chi connectivity index (χ0n) is 13.3. The van der Waals surface area contributed by atoms with Gasteiger partial charge in [0.25, 0.3) is 5.91 Å². The molecule has 0 aliphatic rings. The predicted molar refractivity (Wildman–Crippen MR) is 87.8 cm³/mol. The molecule has 2 aromatic carbocycles. The Bertz CT molecular complexity index is 686. The number of nitrogens with one attached hydrogen (secondary N) is 1. The summed E-state index contributed by atoms with van der Waals surface area (Å²) in [6.07, 6.45) is 0. The van der Waals surface area contributed by atoms with Crippen molar-refractivity contribution in [2.75, 3.05) is 6.54 Å². The summed E-state index contributed by atoms with van der Waals surface area (Å²) in [5.74, 6) is -0.0863. The molecule has 0 aromatic heterocycles. The van der Waals surface area contributed by atoms with Crippen molar-refractivity contribution in [2.45, 2.75) is 26.0 Å². The Morgan fingerprint density at radius 2 is 1.96 bits per heavy atom. The van der Waals surface area contributed by atoms with Crippen LogP contribution in [0.2, 0.25) is 0 Å². The van der Waals surface area contributed by atoms with Gasteiger partial charge in [-0.3, -0.25) is 4.79 Å². The van der Waals surface area contributed by atoms with Crippen LogP contribution in [0.3, 0.4) is 0 Å². The zero-order chi connectivity index (χ0) is 16.9. The van der Waals surface area contributed by atoms with Crippen molar-refractivity contribution < 1.29 is 13.9 Å². The molecule has 2 aromatic rings. The summed E-state index contributed by atoms with van der Waals surface area (Å²) in [4.78, 5) is 12.2. The van der Waals surface area contributed by atoms with Crippen molar-refractivity contribution in [3.63, 3.8) is 0 Å². The molecule has 0 fully saturated rings. The lowest BCUT2D eigenvalue weighted by Gasteiger charge is -2.24. The summed E-state index contributed by atoms with van der Waals surface area (Å²) in [6.45, 7) is 4.33. The lowest BCUT2D eigenvalue weighted by atomic mass is 10.0. The second-order valence-electron chi connectivity index (χ2n) is 5.99. The quantitative estimate of drug-likeness (QED) is 0.861. The Labute approximate surface area is 135 Å². The van der Waals surface area contributed by atoms with E-state index in [0.717, 1.165) is 5.56 Å². The van der Waals surface area contributed by atoms with Gasteiger partial charge in [-0.2, -0.15) is 0 Å². The van der Waals surface area contributed by atoms with Crippen molar-refractivity contribution >= 4 is 5.91 Å². The van der Waals surface area contributed by atoms with Crippen LogP contribution in [0.4, 0.5) is 4.39 Å². The van der Waals surface area contributed by atoms with Crippen LogP contribution in [0.5, 0.6) is 5.75 Å². The van der Waals surface area contributed by atoms with E-state index in [9.17, 15) is 9.18 Å². The second-order valence-corrected chi connectivity index (χ2v) is 5.99. The maximum atomic E-state index is 13.1. The molecule has 0 atom stereocenters. The van der Waals surface area contributed by atoms with Gasteiger partial charge in [0.05, 0.1) is 0 Å². The molecule has 23 heavy (non-hydrogen) atoms. The minimum Gasteiger partial charge on any atom is -0.489 e. The number of hydrogen-bond acceptors (Lipinski definition) is 3. The number of rotatable bonds is 6. The molecule has 0 saturated heterocycles. The monoisotopic (exact) mass is 316 g/mol. The van der Waals surface area contributed by atoms with Crippen LogP contribution in [0, 0.1) is 5.82 Å². The summed E-state index contributed by atoms with van der Waals surface area (Å²) >= 11 is 0. The molecule has 2 rings (SSSR count). The molecular weight excluding hydrogens is 295 g/mol. The molecule has 0 spiro atoms. The molecule has 0 radical (unpaired) electrons. The molecule has 0 bridgehead atoms. The van der Waals surface area contributed by atoms with Crippen LogP contribution in [-0.4, -0.2) is 18.0 Å². The Hall–Kier alpha value is -2.40. The average Bonchev–Trinajstić information content (AvgIpc) is 2.53. The Morgan fingerprint density at radius 1 is 1.22 bits per heavy atom. The number of nitrogens with two attached hydrogens (primary N) is 1. The van der Waals surface area contributed by atoms with E-state index in [0.29, 0.717) is 17.9 Å². The van der Waals surface area contributed by atoms with Gasteiger partial charge in [-0.15, -0.1) is 0 Å². The maximum absolute atomic E-state index is 13.1. The van der Waals surface area contributed by atoms with E-state index < -0.39 is 5.54 Å². The first-order valence-electron chi connectivity index (χ1n) is 7.39. The number of amides is 1. The summed E-state index contributed by atoms with van der Waals surface area (Å²) in [5, 5.41) is 2.88. The smallest absolute Gasteiger partial charge is 0.251 e. The Kier molecular flexibility index (Phi) is 5.34. The zero-order valence-corrected chi connectivity index (χ0v) is 13.3. The molecule has 3 N–H and O–H groups in total. The van der Waals surface area contributed by atoms with E-state index in [2.05, 4.69) is 5.32 Å². The Balaban J connectivity index is 2.03. The minimum absolute atomic E-state index is 0.187. The number of ether oxygens (including phenoxy) is 1. The van der Waals surface area contributed by atoms with Gasteiger partial charge in [0.15, 0.2) is 0 Å². The highest BCUT2D eigenvalue weighted by Gasteiger charge is 2.19. The predicted octanol–water partition coefficient (Wildman–Crippen LogP) is 2.87. The molecule has 4 nitrogen and oxygen atoms in total. The van der Waals surface area contributed by atoms with Crippen LogP contribution >= 0.6 is 0 Å². The number of halogens is 1. The van der Waals surface area contributed by atoms with Gasteiger partial charge >= 0.3 is 0 Å². The van der Waals surface area contributed by atoms with Crippen molar-refractivity contribution in [1.29, 1.82) is 0 Å². The van der Waals surface area contributed by atoms with E-state index in [1.807, 2.05) is 19.9 Å². The fraction of sp³-hybridized carbons (Fsp3) is 0.278. The molecule has 0 saturated carbocycles. The van der Waals surface area contributed by atoms with Gasteiger partial charge in [0, 0.05) is 23.7 Å². The largest absolute Gasteiger partial charge is 0.489 e. The van der Waals surface area contributed by atoms with Crippen molar-refractivity contribution in [1.82, 2.24) is 5.32 Å². The lowest BCUT2D eigenvalue weighted by molar-refractivity contribution is 0.0915. The number of hydrogen-bond donors (Lipinski definition) is 2. The van der Waals surface area contributed by atoms with E-state index in [1.165, 1.54) is 12.1 Å². The van der Waals surface area contributed by atoms with E-state index >= 15 is 0 Å². The number of carbonyl (C=O) groups excluding carboxylic acids is 1. The topological polar surface area (TPSA) is 64.3 Å². The van der Waals surface area contributed by atoms with Gasteiger partial charge in [-0.05, 0) is 43.7 Å². The maximum Gasteiger partial charge on any atom is 0.251 e. The fourth-order valence-electron chi connectivity index (χ4n) is 1.96. The summed E-state index contributed by atoms with van der Waals surface area (Å²) < 4.78 is 18.6.